The highest BCUT2D eigenvalue weighted by molar-refractivity contribution is 7.09. The van der Waals surface area contributed by atoms with Gasteiger partial charge in [-0.25, -0.2) is 4.98 Å². The van der Waals surface area contributed by atoms with Gasteiger partial charge in [-0.3, -0.25) is 4.79 Å². The van der Waals surface area contributed by atoms with E-state index in [-0.39, 0.29) is 6.42 Å². The minimum absolute atomic E-state index is 0.0340. The van der Waals surface area contributed by atoms with Gasteiger partial charge in [-0.05, 0) is 30.7 Å². The molecular weight excluding hydrogens is 298 g/mol. The molecule has 0 atom stereocenters. The molecule has 0 amide bonds. The lowest BCUT2D eigenvalue weighted by Crippen LogP contribution is -2.03. The second-order valence-corrected chi connectivity index (χ2v) is 5.66. The number of aliphatic carboxylic acids is 1. The van der Waals surface area contributed by atoms with E-state index >= 15 is 0 Å². The molecule has 6 heteroatoms. The van der Waals surface area contributed by atoms with Crippen LogP contribution in [0.25, 0.3) is 0 Å². The average Bonchev–Trinajstić information content (AvgIpc) is 2.80. The summed E-state index contributed by atoms with van der Waals surface area (Å²) in [5.74, 6) is -0.0936. The van der Waals surface area contributed by atoms with Crippen molar-refractivity contribution in [1.29, 1.82) is 0 Å². The van der Waals surface area contributed by atoms with Crippen LogP contribution in [-0.2, 0) is 17.6 Å². The molecule has 0 saturated heterocycles. The maximum absolute atomic E-state index is 10.6. The lowest BCUT2D eigenvalue weighted by atomic mass is 10.2. The third-order valence-electron chi connectivity index (χ3n) is 2.65. The predicted octanol–water partition coefficient (Wildman–Crippen LogP) is 3.35. The molecule has 0 radical (unpaired) electrons. The van der Waals surface area contributed by atoms with Gasteiger partial charge in [0.25, 0.3) is 0 Å². The summed E-state index contributed by atoms with van der Waals surface area (Å²) in [5, 5.41) is 12.1. The molecule has 1 heterocycles. The Morgan fingerprint density at radius 1 is 1.50 bits per heavy atom. The Balaban J connectivity index is 1.84. The Labute approximate surface area is 126 Å². The van der Waals surface area contributed by atoms with E-state index in [0.717, 1.165) is 21.3 Å². The van der Waals surface area contributed by atoms with Crippen LogP contribution in [0.5, 0.6) is 5.75 Å². The topological polar surface area (TPSA) is 59.4 Å². The van der Waals surface area contributed by atoms with Gasteiger partial charge in [0.05, 0.1) is 23.7 Å². The zero-order valence-electron chi connectivity index (χ0n) is 10.9. The monoisotopic (exact) mass is 311 g/mol. The molecule has 106 valence electrons. The van der Waals surface area contributed by atoms with Gasteiger partial charge in [0, 0.05) is 16.8 Å². The first-order valence-electron chi connectivity index (χ1n) is 6.08. The number of hydrogen-bond acceptors (Lipinski definition) is 4. The van der Waals surface area contributed by atoms with Gasteiger partial charge in [0.15, 0.2) is 0 Å². The third-order valence-corrected chi connectivity index (χ3v) is 4.03. The number of thiazole rings is 1. The van der Waals surface area contributed by atoms with Crippen molar-refractivity contribution in [2.45, 2.75) is 19.8 Å². The largest absolute Gasteiger partial charge is 0.493 e. The number of aryl methyl sites for hydroxylation is 1. The van der Waals surface area contributed by atoms with E-state index in [1.165, 1.54) is 11.3 Å². The van der Waals surface area contributed by atoms with Crippen LogP contribution in [0.4, 0.5) is 0 Å². The molecule has 4 nitrogen and oxygen atoms in total. The number of aromatic nitrogens is 1. The van der Waals surface area contributed by atoms with Crippen molar-refractivity contribution in [2.75, 3.05) is 6.61 Å². The first-order valence-corrected chi connectivity index (χ1v) is 7.34. The van der Waals surface area contributed by atoms with Crippen LogP contribution in [-0.4, -0.2) is 22.7 Å². The summed E-state index contributed by atoms with van der Waals surface area (Å²) < 4.78 is 5.63. The zero-order valence-corrected chi connectivity index (χ0v) is 12.5. The first kappa shape index (κ1) is 14.8. The lowest BCUT2D eigenvalue weighted by Gasteiger charge is -2.06. The average molecular weight is 312 g/mol. The van der Waals surface area contributed by atoms with Crippen molar-refractivity contribution in [2.24, 2.45) is 0 Å². The third kappa shape index (κ3) is 4.21. The SMILES string of the molecule is Cc1cc(OCCc2nc(CC(=O)O)cs2)ccc1Cl. The smallest absolute Gasteiger partial charge is 0.309 e. The first-order chi connectivity index (χ1) is 9.54. The quantitative estimate of drug-likeness (QED) is 0.888. The number of hydrogen-bond donors (Lipinski definition) is 1. The number of carboxylic acid groups (broad SMARTS) is 1. The number of ether oxygens (including phenoxy) is 1. The van der Waals surface area contributed by atoms with Gasteiger partial charge < -0.3 is 9.84 Å². The Morgan fingerprint density at radius 3 is 3.00 bits per heavy atom. The Bertz CT molecular complexity index is 612. The van der Waals surface area contributed by atoms with Crippen molar-refractivity contribution in [3.8, 4) is 5.75 Å². The summed E-state index contributed by atoms with van der Waals surface area (Å²) in [6, 6.07) is 5.52. The van der Waals surface area contributed by atoms with Gasteiger partial charge in [-0.1, -0.05) is 11.6 Å². The molecule has 2 aromatic rings. The highest BCUT2D eigenvalue weighted by Crippen LogP contribution is 2.21. The zero-order chi connectivity index (χ0) is 14.5. The molecule has 0 aliphatic heterocycles. The van der Waals surface area contributed by atoms with Crippen molar-refractivity contribution in [3.63, 3.8) is 0 Å². The van der Waals surface area contributed by atoms with E-state index in [1.54, 1.807) is 11.4 Å². The summed E-state index contributed by atoms with van der Waals surface area (Å²) >= 11 is 7.40. The second-order valence-electron chi connectivity index (χ2n) is 4.31. The standard InChI is InChI=1S/C14H14ClNO3S/c1-9-6-11(2-3-12(9)15)19-5-4-13-16-10(8-20-13)7-14(17)18/h2-3,6,8H,4-5,7H2,1H3,(H,17,18). The molecule has 0 aliphatic carbocycles. The fourth-order valence-electron chi connectivity index (χ4n) is 1.66. The minimum Gasteiger partial charge on any atom is -0.493 e. The van der Waals surface area contributed by atoms with Gasteiger partial charge in [-0.2, -0.15) is 0 Å². The number of rotatable bonds is 6. The van der Waals surface area contributed by atoms with Gasteiger partial charge in [0.2, 0.25) is 0 Å². The maximum atomic E-state index is 10.6. The van der Waals surface area contributed by atoms with Crippen molar-refractivity contribution in [3.05, 3.63) is 44.9 Å². The Kier molecular flexibility index (Phi) is 4.98. The molecule has 0 spiro atoms. The summed E-state index contributed by atoms with van der Waals surface area (Å²) in [5.41, 5.74) is 1.57. The van der Waals surface area contributed by atoms with Crippen LogP contribution in [0.3, 0.4) is 0 Å². The molecule has 1 N–H and O–H groups in total. The number of carboxylic acids is 1. The summed E-state index contributed by atoms with van der Waals surface area (Å²) in [6.45, 7) is 2.43. The normalized spacial score (nSPS) is 10.5. The summed E-state index contributed by atoms with van der Waals surface area (Å²) in [6.07, 6.45) is 0.625. The molecule has 0 bridgehead atoms. The highest BCUT2D eigenvalue weighted by atomic mass is 35.5. The number of halogens is 1. The fourth-order valence-corrected chi connectivity index (χ4v) is 2.56. The number of nitrogens with zero attached hydrogens (tertiary/aromatic N) is 1. The van der Waals surface area contributed by atoms with E-state index in [9.17, 15) is 4.79 Å². The number of benzene rings is 1. The summed E-state index contributed by atoms with van der Waals surface area (Å²) in [4.78, 5) is 14.8. The molecule has 20 heavy (non-hydrogen) atoms. The summed E-state index contributed by atoms with van der Waals surface area (Å²) in [7, 11) is 0. The second kappa shape index (κ2) is 6.72. The lowest BCUT2D eigenvalue weighted by molar-refractivity contribution is -0.136. The van der Waals surface area contributed by atoms with Crippen LogP contribution >= 0.6 is 22.9 Å². The van der Waals surface area contributed by atoms with E-state index in [1.807, 2.05) is 19.1 Å². The Hall–Kier alpha value is -1.59. The van der Waals surface area contributed by atoms with Gasteiger partial charge in [-0.15, -0.1) is 11.3 Å². The fraction of sp³-hybridized carbons (Fsp3) is 0.286. The van der Waals surface area contributed by atoms with E-state index < -0.39 is 5.97 Å². The van der Waals surface area contributed by atoms with E-state index in [2.05, 4.69) is 4.98 Å². The molecule has 1 aromatic carbocycles. The molecule has 0 fully saturated rings. The minimum atomic E-state index is -0.866. The molecule has 0 aliphatic rings. The van der Waals surface area contributed by atoms with Crippen molar-refractivity contribution < 1.29 is 14.6 Å². The van der Waals surface area contributed by atoms with Crippen molar-refractivity contribution >= 4 is 28.9 Å². The van der Waals surface area contributed by atoms with Crippen LogP contribution < -0.4 is 4.74 Å². The maximum Gasteiger partial charge on any atom is 0.309 e. The molecule has 2 rings (SSSR count). The molecule has 0 saturated carbocycles. The van der Waals surface area contributed by atoms with E-state index in [0.29, 0.717) is 18.7 Å². The Morgan fingerprint density at radius 2 is 2.30 bits per heavy atom. The van der Waals surface area contributed by atoms with Crippen LogP contribution in [0.15, 0.2) is 23.6 Å². The molecule has 1 aromatic heterocycles. The highest BCUT2D eigenvalue weighted by Gasteiger charge is 2.06. The van der Waals surface area contributed by atoms with Gasteiger partial charge >= 0.3 is 5.97 Å². The van der Waals surface area contributed by atoms with Gasteiger partial charge in [0.1, 0.15) is 5.75 Å². The molecular formula is C14H14ClNO3S. The number of carbonyl (C=O) groups is 1. The van der Waals surface area contributed by atoms with E-state index in [4.69, 9.17) is 21.4 Å². The van der Waals surface area contributed by atoms with Crippen molar-refractivity contribution in [1.82, 2.24) is 4.98 Å². The van der Waals surface area contributed by atoms with Crippen LogP contribution in [0, 0.1) is 6.92 Å². The molecule has 0 unspecified atom stereocenters. The van der Waals surface area contributed by atoms with Crippen LogP contribution in [0.1, 0.15) is 16.3 Å². The predicted molar refractivity (Wildman–Crippen MR) is 78.8 cm³/mol. The van der Waals surface area contributed by atoms with Crippen LogP contribution in [0.2, 0.25) is 5.02 Å².